The third kappa shape index (κ3) is 2.93. The van der Waals surface area contributed by atoms with Gasteiger partial charge in [-0.3, -0.25) is 10.1 Å². The summed E-state index contributed by atoms with van der Waals surface area (Å²) >= 11 is 0. The highest BCUT2D eigenvalue weighted by atomic mass is 16.6. The van der Waals surface area contributed by atoms with Crippen molar-refractivity contribution in [2.45, 2.75) is 20.0 Å². The summed E-state index contributed by atoms with van der Waals surface area (Å²) < 4.78 is 0. The van der Waals surface area contributed by atoms with E-state index >= 15 is 0 Å². The van der Waals surface area contributed by atoms with Gasteiger partial charge in [0, 0.05) is 19.7 Å². The molecule has 0 saturated carbocycles. The van der Waals surface area contributed by atoms with Gasteiger partial charge in [-0.05, 0) is 25.5 Å². The quantitative estimate of drug-likeness (QED) is 0.624. The summed E-state index contributed by atoms with van der Waals surface area (Å²) in [5.74, 6) is 0. The van der Waals surface area contributed by atoms with E-state index < -0.39 is 11.0 Å². The highest BCUT2D eigenvalue weighted by Crippen LogP contribution is 2.28. The molecule has 5 nitrogen and oxygen atoms in total. The summed E-state index contributed by atoms with van der Waals surface area (Å²) in [6.07, 6.45) is -0.523. The van der Waals surface area contributed by atoms with Crippen molar-refractivity contribution in [3.8, 4) is 0 Å². The lowest BCUT2D eigenvalue weighted by atomic mass is 10.1. The first-order valence-electron chi connectivity index (χ1n) is 5.06. The standard InChI is InChI=1S/C11H16N2O3/c1-8-4-5-10(13(15)16)11(6-8)12(3)7-9(2)14/h4-6,9,14H,7H2,1-3H3. The normalized spacial score (nSPS) is 12.2. The lowest BCUT2D eigenvalue weighted by Crippen LogP contribution is -2.27. The van der Waals surface area contributed by atoms with E-state index in [0.717, 1.165) is 5.56 Å². The van der Waals surface area contributed by atoms with Gasteiger partial charge in [0.1, 0.15) is 5.69 Å². The second kappa shape index (κ2) is 4.94. The summed E-state index contributed by atoms with van der Waals surface area (Å²) in [5.41, 5.74) is 1.55. The van der Waals surface area contributed by atoms with Gasteiger partial charge in [0.2, 0.25) is 0 Å². The minimum atomic E-state index is -0.523. The van der Waals surface area contributed by atoms with Crippen molar-refractivity contribution in [1.29, 1.82) is 0 Å². The Morgan fingerprint density at radius 3 is 2.69 bits per heavy atom. The Balaban J connectivity index is 3.09. The molecule has 1 unspecified atom stereocenters. The van der Waals surface area contributed by atoms with E-state index in [9.17, 15) is 15.2 Å². The molecule has 0 aliphatic heterocycles. The van der Waals surface area contributed by atoms with Crippen LogP contribution in [0.3, 0.4) is 0 Å². The van der Waals surface area contributed by atoms with Crippen molar-refractivity contribution in [1.82, 2.24) is 0 Å². The van der Waals surface area contributed by atoms with Gasteiger partial charge in [0.05, 0.1) is 11.0 Å². The number of benzene rings is 1. The van der Waals surface area contributed by atoms with Gasteiger partial charge in [0.15, 0.2) is 0 Å². The summed E-state index contributed by atoms with van der Waals surface area (Å²) in [6.45, 7) is 3.89. The third-order valence-electron chi connectivity index (χ3n) is 2.28. The molecule has 0 aliphatic carbocycles. The molecule has 16 heavy (non-hydrogen) atoms. The first kappa shape index (κ1) is 12.4. The number of aliphatic hydroxyl groups is 1. The summed E-state index contributed by atoms with van der Waals surface area (Å²) in [4.78, 5) is 12.1. The average molecular weight is 224 g/mol. The fourth-order valence-corrected chi connectivity index (χ4v) is 1.59. The van der Waals surface area contributed by atoms with Crippen LogP contribution in [0.5, 0.6) is 0 Å². The van der Waals surface area contributed by atoms with Crippen LogP contribution in [-0.2, 0) is 0 Å². The SMILES string of the molecule is Cc1ccc([N+](=O)[O-])c(N(C)CC(C)O)c1. The molecule has 0 heterocycles. The van der Waals surface area contributed by atoms with Crippen molar-refractivity contribution in [3.05, 3.63) is 33.9 Å². The molecule has 1 atom stereocenters. The van der Waals surface area contributed by atoms with Crippen molar-refractivity contribution >= 4 is 11.4 Å². The summed E-state index contributed by atoms with van der Waals surface area (Å²) in [6, 6.07) is 4.95. The van der Waals surface area contributed by atoms with Gasteiger partial charge in [0.25, 0.3) is 5.69 Å². The Morgan fingerprint density at radius 1 is 1.56 bits per heavy atom. The van der Waals surface area contributed by atoms with Gasteiger partial charge in [-0.2, -0.15) is 0 Å². The van der Waals surface area contributed by atoms with Gasteiger partial charge in [-0.1, -0.05) is 6.07 Å². The van der Waals surface area contributed by atoms with Crippen LogP contribution in [-0.4, -0.2) is 29.7 Å². The molecule has 1 N–H and O–H groups in total. The van der Waals surface area contributed by atoms with Crippen LogP contribution in [0.1, 0.15) is 12.5 Å². The number of aliphatic hydroxyl groups excluding tert-OH is 1. The monoisotopic (exact) mass is 224 g/mol. The fraction of sp³-hybridized carbons (Fsp3) is 0.455. The molecule has 1 aromatic rings. The lowest BCUT2D eigenvalue weighted by Gasteiger charge is -2.20. The molecule has 0 amide bonds. The molecule has 0 aliphatic rings. The van der Waals surface area contributed by atoms with E-state index in [-0.39, 0.29) is 5.69 Å². The molecule has 0 spiro atoms. The molecule has 0 aromatic heterocycles. The van der Waals surface area contributed by atoms with Crippen LogP contribution < -0.4 is 4.90 Å². The van der Waals surface area contributed by atoms with Crippen LogP contribution in [0.15, 0.2) is 18.2 Å². The van der Waals surface area contributed by atoms with Crippen molar-refractivity contribution in [3.63, 3.8) is 0 Å². The first-order chi connectivity index (χ1) is 7.41. The molecule has 88 valence electrons. The van der Waals surface area contributed by atoms with E-state index in [0.29, 0.717) is 12.2 Å². The van der Waals surface area contributed by atoms with Crippen molar-refractivity contribution in [2.24, 2.45) is 0 Å². The smallest absolute Gasteiger partial charge is 0.292 e. The van der Waals surface area contributed by atoms with Gasteiger partial charge in [-0.15, -0.1) is 0 Å². The number of rotatable bonds is 4. The molecule has 1 aromatic carbocycles. The van der Waals surface area contributed by atoms with Gasteiger partial charge < -0.3 is 10.0 Å². The number of likely N-dealkylation sites (N-methyl/N-ethyl adjacent to an activating group) is 1. The van der Waals surface area contributed by atoms with Gasteiger partial charge >= 0.3 is 0 Å². The molecule has 0 radical (unpaired) electrons. The van der Waals surface area contributed by atoms with E-state index in [1.165, 1.54) is 6.07 Å². The largest absolute Gasteiger partial charge is 0.392 e. The number of nitro benzene ring substituents is 1. The number of nitro groups is 1. The maximum Gasteiger partial charge on any atom is 0.292 e. The lowest BCUT2D eigenvalue weighted by molar-refractivity contribution is -0.384. The Kier molecular flexibility index (Phi) is 3.84. The van der Waals surface area contributed by atoms with E-state index in [4.69, 9.17) is 0 Å². The second-order valence-corrected chi connectivity index (χ2v) is 3.98. The van der Waals surface area contributed by atoms with Crippen molar-refractivity contribution < 1.29 is 10.0 Å². The predicted molar refractivity (Wildman–Crippen MR) is 62.8 cm³/mol. The van der Waals surface area contributed by atoms with Crippen LogP contribution in [0, 0.1) is 17.0 Å². The highest BCUT2D eigenvalue weighted by Gasteiger charge is 2.17. The zero-order valence-electron chi connectivity index (χ0n) is 9.67. The summed E-state index contributed by atoms with van der Waals surface area (Å²) in [5, 5.41) is 20.1. The minimum Gasteiger partial charge on any atom is -0.392 e. The first-order valence-corrected chi connectivity index (χ1v) is 5.06. The van der Waals surface area contributed by atoms with E-state index in [1.54, 1.807) is 31.0 Å². The van der Waals surface area contributed by atoms with Crippen molar-refractivity contribution in [2.75, 3.05) is 18.5 Å². The number of hydrogen-bond acceptors (Lipinski definition) is 4. The predicted octanol–water partition coefficient (Wildman–Crippen LogP) is 1.72. The van der Waals surface area contributed by atoms with Crippen LogP contribution in [0.2, 0.25) is 0 Å². The molecular formula is C11H16N2O3. The Hall–Kier alpha value is -1.62. The van der Waals surface area contributed by atoms with E-state index in [2.05, 4.69) is 0 Å². The Bertz CT molecular complexity index is 391. The fourth-order valence-electron chi connectivity index (χ4n) is 1.59. The van der Waals surface area contributed by atoms with Crippen LogP contribution in [0.25, 0.3) is 0 Å². The second-order valence-electron chi connectivity index (χ2n) is 3.98. The third-order valence-corrected chi connectivity index (χ3v) is 2.28. The van der Waals surface area contributed by atoms with E-state index in [1.807, 2.05) is 6.92 Å². The number of nitrogens with zero attached hydrogens (tertiary/aromatic N) is 2. The molecule has 0 saturated heterocycles. The minimum absolute atomic E-state index is 0.0637. The maximum absolute atomic E-state index is 10.8. The van der Waals surface area contributed by atoms with Gasteiger partial charge in [-0.25, -0.2) is 0 Å². The molecule has 5 heteroatoms. The van der Waals surface area contributed by atoms with Crippen LogP contribution >= 0.6 is 0 Å². The molecule has 0 bridgehead atoms. The number of hydrogen-bond donors (Lipinski definition) is 1. The Labute approximate surface area is 94.5 Å². The average Bonchev–Trinajstić information content (AvgIpc) is 2.15. The topological polar surface area (TPSA) is 66.6 Å². The molecule has 1 rings (SSSR count). The zero-order chi connectivity index (χ0) is 12.3. The highest BCUT2D eigenvalue weighted by molar-refractivity contribution is 5.64. The van der Waals surface area contributed by atoms with Crippen LogP contribution in [0.4, 0.5) is 11.4 Å². The zero-order valence-corrected chi connectivity index (χ0v) is 9.67. The molecular weight excluding hydrogens is 208 g/mol. The summed E-state index contributed by atoms with van der Waals surface area (Å²) in [7, 11) is 1.73. The number of anilines is 1. The number of aryl methyl sites for hydroxylation is 1. The Morgan fingerprint density at radius 2 is 2.19 bits per heavy atom. The molecule has 0 fully saturated rings. The maximum atomic E-state index is 10.8.